The fourth-order valence-electron chi connectivity index (χ4n) is 3.94. The lowest BCUT2D eigenvalue weighted by Crippen LogP contribution is -2.39. The smallest absolute Gasteiger partial charge is 0.256 e. The summed E-state index contributed by atoms with van der Waals surface area (Å²) < 4.78 is 0. The third-order valence-corrected chi connectivity index (χ3v) is 5.38. The molecule has 1 aliphatic heterocycles. The number of rotatable bonds is 3. The van der Waals surface area contributed by atoms with E-state index in [1.807, 2.05) is 59.5 Å². The predicted molar refractivity (Wildman–Crippen MR) is 113 cm³/mol. The van der Waals surface area contributed by atoms with Crippen LogP contribution < -0.4 is 5.32 Å². The van der Waals surface area contributed by atoms with E-state index in [1.54, 1.807) is 12.1 Å². The monoisotopic (exact) mass is 372 g/mol. The van der Waals surface area contributed by atoms with Crippen LogP contribution in [0.4, 0.5) is 5.69 Å². The topological polar surface area (TPSA) is 49.4 Å². The number of hydrogen-bond acceptors (Lipinski definition) is 2. The highest BCUT2D eigenvalue weighted by Gasteiger charge is 2.24. The van der Waals surface area contributed by atoms with E-state index in [1.165, 1.54) is 0 Å². The van der Waals surface area contributed by atoms with Crippen LogP contribution in [0.5, 0.6) is 0 Å². The van der Waals surface area contributed by atoms with Gasteiger partial charge in [0.2, 0.25) is 0 Å². The van der Waals surface area contributed by atoms with E-state index in [0.29, 0.717) is 22.7 Å². The van der Waals surface area contributed by atoms with Gasteiger partial charge in [0.15, 0.2) is 0 Å². The number of carbonyl (C=O) groups is 2. The van der Waals surface area contributed by atoms with Crippen molar-refractivity contribution < 1.29 is 9.59 Å². The number of piperidine rings is 1. The fourth-order valence-corrected chi connectivity index (χ4v) is 3.94. The molecule has 3 aromatic carbocycles. The Balaban J connectivity index is 1.62. The van der Waals surface area contributed by atoms with Crippen LogP contribution in [-0.2, 0) is 0 Å². The summed E-state index contributed by atoms with van der Waals surface area (Å²) in [6.07, 6.45) is 2.18. The van der Waals surface area contributed by atoms with Gasteiger partial charge in [-0.25, -0.2) is 0 Å². The third-order valence-electron chi connectivity index (χ3n) is 5.38. The van der Waals surface area contributed by atoms with Crippen molar-refractivity contribution in [3.05, 3.63) is 77.9 Å². The van der Waals surface area contributed by atoms with Crippen molar-refractivity contribution in [1.82, 2.24) is 4.90 Å². The number of nitrogens with zero attached hydrogens (tertiary/aromatic N) is 1. The molecule has 1 heterocycles. The molecule has 1 N–H and O–H groups in total. The standard InChI is InChI=1S/C24H24N2O2/c1-17-8-7-15-26(16-17)24(28)21-12-4-5-14-22(21)25-23(27)20-13-6-10-18-9-2-3-11-19(18)20/h2-6,9-14,17H,7-8,15-16H2,1H3,(H,25,27)/t17-/m1/s1. The van der Waals surface area contributed by atoms with Gasteiger partial charge in [0.25, 0.3) is 11.8 Å². The van der Waals surface area contributed by atoms with Gasteiger partial charge in [0, 0.05) is 18.7 Å². The SMILES string of the molecule is C[C@@H]1CCCN(C(=O)c2ccccc2NC(=O)c2cccc3ccccc23)C1. The Labute approximate surface area is 165 Å². The van der Waals surface area contributed by atoms with Crippen LogP contribution >= 0.6 is 0 Å². The molecule has 3 aromatic rings. The molecular weight excluding hydrogens is 348 g/mol. The number of likely N-dealkylation sites (tertiary alicyclic amines) is 1. The summed E-state index contributed by atoms with van der Waals surface area (Å²) in [5.41, 5.74) is 1.71. The lowest BCUT2D eigenvalue weighted by atomic mass is 9.99. The molecule has 1 aliphatic rings. The minimum atomic E-state index is -0.205. The van der Waals surface area contributed by atoms with E-state index < -0.39 is 0 Å². The van der Waals surface area contributed by atoms with Crippen molar-refractivity contribution in [1.29, 1.82) is 0 Å². The minimum Gasteiger partial charge on any atom is -0.338 e. The van der Waals surface area contributed by atoms with Gasteiger partial charge in [-0.05, 0) is 47.7 Å². The third kappa shape index (κ3) is 3.63. The summed E-state index contributed by atoms with van der Waals surface area (Å²) in [4.78, 5) is 28.0. The van der Waals surface area contributed by atoms with E-state index in [0.717, 1.165) is 36.7 Å². The second kappa shape index (κ2) is 7.85. The Morgan fingerprint density at radius 1 is 0.929 bits per heavy atom. The average Bonchev–Trinajstić information content (AvgIpc) is 2.73. The molecule has 1 saturated heterocycles. The number of hydrogen-bond donors (Lipinski definition) is 1. The van der Waals surface area contributed by atoms with Crippen LogP contribution in [0.1, 0.15) is 40.5 Å². The number of amides is 2. The molecule has 0 saturated carbocycles. The molecule has 0 radical (unpaired) electrons. The van der Waals surface area contributed by atoms with Crippen molar-refractivity contribution in [2.75, 3.05) is 18.4 Å². The predicted octanol–water partition coefficient (Wildman–Crippen LogP) is 4.96. The van der Waals surface area contributed by atoms with Gasteiger partial charge in [-0.3, -0.25) is 9.59 Å². The first kappa shape index (κ1) is 18.2. The zero-order chi connectivity index (χ0) is 19.5. The number of fused-ring (bicyclic) bond motifs is 1. The second-order valence-corrected chi connectivity index (χ2v) is 7.52. The number of benzene rings is 3. The zero-order valence-electron chi connectivity index (χ0n) is 16.0. The molecule has 0 aliphatic carbocycles. The van der Waals surface area contributed by atoms with Gasteiger partial charge < -0.3 is 10.2 Å². The van der Waals surface area contributed by atoms with Gasteiger partial charge in [0.05, 0.1) is 11.3 Å². The lowest BCUT2D eigenvalue weighted by Gasteiger charge is -2.31. The maximum Gasteiger partial charge on any atom is 0.256 e. The highest BCUT2D eigenvalue weighted by atomic mass is 16.2. The maximum absolute atomic E-state index is 13.1. The Kier molecular flexibility index (Phi) is 5.11. The highest BCUT2D eigenvalue weighted by Crippen LogP contribution is 2.24. The molecule has 0 aromatic heterocycles. The first-order valence-corrected chi connectivity index (χ1v) is 9.81. The van der Waals surface area contributed by atoms with Crippen LogP contribution in [0.25, 0.3) is 10.8 Å². The van der Waals surface area contributed by atoms with Crippen LogP contribution in [0, 0.1) is 5.92 Å². The molecule has 4 rings (SSSR count). The van der Waals surface area contributed by atoms with Crippen LogP contribution in [-0.4, -0.2) is 29.8 Å². The fraction of sp³-hybridized carbons (Fsp3) is 0.250. The van der Waals surface area contributed by atoms with Gasteiger partial charge in [-0.15, -0.1) is 0 Å². The number of carbonyl (C=O) groups excluding carboxylic acids is 2. The average molecular weight is 372 g/mol. The zero-order valence-corrected chi connectivity index (χ0v) is 16.0. The molecule has 2 amide bonds. The van der Waals surface area contributed by atoms with Crippen molar-refractivity contribution in [3.63, 3.8) is 0 Å². The molecule has 0 bridgehead atoms. The first-order chi connectivity index (χ1) is 13.6. The van der Waals surface area contributed by atoms with Crippen molar-refractivity contribution in [2.45, 2.75) is 19.8 Å². The highest BCUT2D eigenvalue weighted by molar-refractivity contribution is 6.14. The molecule has 28 heavy (non-hydrogen) atoms. The van der Waals surface area contributed by atoms with Crippen molar-refractivity contribution >= 4 is 28.3 Å². The van der Waals surface area contributed by atoms with Gasteiger partial charge >= 0.3 is 0 Å². The summed E-state index contributed by atoms with van der Waals surface area (Å²) >= 11 is 0. The van der Waals surface area contributed by atoms with E-state index >= 15 is 0 Å². The van der Waals surface area contributed by atoms with Crippen molar-refractivity contribution in [2.24, 2.45) is 5.92 Å². The Morgan fingerprint density at radius 2 is 1.64 bits per heavy atom. The van der Waals surface area contributed by atoms with Gasteiger partial charge in [-0.1, -0.05) is 55.5 Å². The summed E-state index contributed by atoms with van der Waals surface area (Å²) in [6.45, 7) is 3.72. The molecule has 0 unspecified atom stereocenters. The number of anilines is 1. The van der Waals surface area contributed by atoms with Gasteiger partial charge in [-0.2, -0.15) is 0 Å². The quantitative estimate of drug-likeness (QED) is 0.706. The van der Waals surface area contributed by atoms with Crippen LogP contribution in [0.15, 0.2) is 66.7 Å². The molecular formula is C24H24N2O2. The summed E-state index contributed by atoms with van der Waals surface area (Å²) in [7, 11) is 0. The largest absolute Gasteiger partial charge is 0.338 e. The van der Waals surface area contributed by atoms with Gasteiger partial charge in [0.1, 0.15) is 0 Å². The summed E-state index contributed by atoms with van der Waals surface area (Å²) in [5, 5.41) is 4.88. The molecule has 4 heteroatoms. The van der Waals surface area contributed by atoms with Crippen LogP contribution in [0.3, 0.4) is 0 Å². The van der Waals surface area contributed by atoms with E-state index in [9.17, 15) is 9.59 Å². The molecule has 4 nitrogen and oxygen atoms in total. The summed E-state index contributed by atoms with van der Waals surface area (Å²) in [5.74, 6) is 0.291. The summed E-state index contributed by atoms with van der Waals surface area (Å²) in [6, 6.07) is 20.8. The first-order valence-electron chi connectivity index (χ1n) is 9.81. The van der Waals surface area contributed by atoms with Crippen LogP contribution in [0.2, 0.25) is 0 Å². The normalized spacial score (nSPS) is 16.8. The minimum absolute atomic E-state index is 0.0135. The molecule has 0 spiro atoms. The molecule has 142 valence electrons. The Bertz CT molecular complexity index is 1020. The van der Waals surface area contributed by atoms with Crippen molar-refractivity contribution in [3.8, 4) is 0 Å². The molecule has 1 atom stereocenters. The lowest BCUT2D eigenvalue weighted by molar-refractivity contribution is 0.0684. The second-order valence-electron chi connectivity index (χ2n) is 7.52. The molecule has 1 fully saturated rings. The van der Waals surface area contributed by atoms with E-state index in [2.05, 4.69) is 12.2 Å². The Morgan fingerprint density at radius 3 is 2.50 bits per heavy atom. The van der Waals surface area contributed by atoms with E-state index in [-0.39, 0.29) is 11.8 Å². The van der Waals surface area contributed by atoms with E-state index in [4.69, 9.17) is 0 Å². The number of para-hydroxylation sites is 1. The Hall–Kier alpha value is -3.14. The maximum atomic E-state index is 13.1. The number of nitrogens with one attached hydrogen (secondary N) is 1.